The number of rotatable bonds is 2. The average molecular weight is 319 g/mol. The Bertz CT molecular complexity index is 819. The van der Waals surface area contributed by atoms with Crippen molar-refractivity contribution in [3.8, 4) is 0 Å². The number of aromatic nitrogens is 2. The molecule has 7 heteroatoms. The number of nitrogens with zero attached hydrogens (tertiary/aromatic N) is 1. The third-order valence-corrected chi connectivity index (χ3v) is 4.30. The van der Waals surface area contributed by atoms with E-state index in [0.717, 1.165) is 0 Å². The van der Waals surface area contributed by atoms with Crippen molar-refractivity contribution in [3.63, 3.8) is 0 Å². The summed E-state index contributed by atoms with van der Waals surface area (Å²) < 4.78 is 14.4. The van der Waals surface area contributed by atoms with Crippen LogP contribution in [0.5, 0.6) is 0 Å². The Morgan fingerprint density at radius 3 is 2.86 bits per heavy atom. The summed E-state index contributed by atoms with van der Waals surface area (Å²) in [5, 5.41) is 3.01. The van der Waals surface area contributed by atoms with Crippen LogP contribution in [-0.4, -0.2) is 22.1 Å². The molecule has 0 aliphatic carbocycles. The molecule has 22 heavy (non-hydrogen) atoms. The SMILES string of the molecule is CSc1nc2c(c(=O)[nH]1)[C@H](c1cccc(C)c1F)CC(=O)N2. The van der Waals surface area contributed by atoms with Crippen LogP contribution in [0.4, 0.5) is 10.2 Å². The minimum atomic E-state index is -0.629. The fourth-order valence-corrected chi connectivity index (χ4v) is 3.03. The molecule has 0 spiro atoms. The van der Waals surface area contributed by atoms with Gasteiger partial charge in [-0.3, -0.25) is 9.59 Å². The van der Waals surface area contributed by atoms with Crippen LogP contribution >= 0.6 is 11.8 Å². The van der Waals surface area contributed by atoms with Gasteiger partial charge in [0.2, 0.25) is 5.91 Å². The van der Waals surface area contributed by atoms with Crippen molar-refractivity contribution < 1.29 is 9.18 Å². The maximum atomic E-state index is 14.4. The molecule has 0 fully saturated rings. The number of amides is 1. The molecule has 0 unspecified atom stereocenters. The Hall–Kier alpha value is -2.15. The zero-order valence-corrected chi connectivity index (χ0v) is 12.9. The van der Waals surface area contributed by atoms with Crippen molar-refractivity contribution in [2.24, 2.45) is 0 Å². The van der Waals surface area contributed by atoms with Crippen LogP contribution in [0.3, 0.4) is 0 Å². The molecule has 1 amide bonds. The average Bonchev–Trinajstić information content (AvgIpc) is 2.48. The van der Waals surface area contributed by atoms with E-state index in [2.05, 4.69) is 15.3 Å². The molecule has 0 saturated carbocycles. The van der Waals surface area contributed by atoms with Gasteiger partial charge in [0.15, 0.2) is 5.16 Å². The standard InChI is InChI=1S/C15H14FN3O2S/c1-7-4-3-5-8(12(7)16)9-6-10(20)17-13-11(9)14(21)19-15(18-13)22-2/h3-5,9H,6H2,1-2H3,(H2,17,18,19,20,21)/t9-/m0/s1. The van der Waals surface area contributed by atoms with Crippen LogP contribution in [-0.2, 0) is 4.79 Å². The van der Waals surface area contributed by atoms with Crippen LogP contribution in [0, 0.1) is 12.7 Å². The number of thioether (sulfide) groups is 1. The van der Waals surface area contributed by atoms with Gasteiger partial charge in [-0.15, -0.1) is 0 Å². The lowest BCUT2D eigenvalue weighted by Crippen LogP contribution is -2.31. The molecule has 1 aliphatic rings. The lowest BCUT2D eigenvalue weighted by molar-refractivity contribution is -0.116. The lowest BCUT2D eigenvalue weighted by Gasteiger charge is -2.25. The summed E-state index contributed by atoms with van der Waals surface area (Å²) in [6.07, 6.45) is 1.80. The molecule has 0 saturated heterocycles. The summed E-state index contributed by atoms with van der Waals surface area (Å²) in [6.45, 7) is 1.65. The smallest absolute Gasteiger partial charge is 0.257 e. The van der Waals surface area contributed by atoms with Gasteiger partial charge in [-0.2, -0.15) is 0 Å². The molecule has 114 valence electrons. The Kier molecular flexibility index (Phi) is 3.74. The Balaban J connectivity index is 2.22. The predicted octanol–water partition coefficient (Wildman–Crippen LogP) is 2.41. The fourth-order valence-electron chi connectivity index (χ4n) is 2.65. The number of H-pyrrole nitrogens is 1. The highest BCUT2D eigenvalue weighted by Gasteiger charge is 2.32. The van der Waals surface area contributed by atoms with E-state index in [1.807, 2.05) is 0 Å². The lowest BCUT2D eigenvalue weighted by atomic mass is 9.86. The van der Waals surface area contributed by atoms with Crippen LogP contribution < -0.4 is 10.9 Å². The molecule has 1 aromatic carbocycles. The second-order valence-corrected chi connectivity index (χ2v) is 5.92. The second kappa shape index (κ2) is 5.57. The second-order valence-electron chi connectivity index (χ2n) is 5.12. The highest BCUT2D eigenvalue weighted by Crippen LogP contribution is 2.35. The first-order chi connectivity index (χ1) is 10.5. The van der Waals surface area contributed by atoms with Crippen molar-refractivity contribution >= 4 is 23.5 Å². The van der Waals surface area contributed by atoms with Gasteiger partial charge < -0.3 is 10.3 Å². The topological polar surface area (TPSA) is 74.8 Å². The van der Waals surface area contributed by atoms with Gasteiger partial charge in [0, 0.05) is 12.3 Å². The third-order valence-electron chi connectivity index (χ3n) is 3.72. The number of carbonyl (C=O) groups excluding carboxylic acids is 1. The number of hydrogen-bond donors (Lipinski definition) is 2. The maximum Gasteiger partial charge on any atom is 0.257 e. The molecule has 0 radical (unpaired) electrons. The molecule has 1 aromatic heterocycles. The quantitative estimate of drug-likeness (QED) is 0.658. The van der Waals surface area contributed by atoms with Crippen molar-refractivity contribution in [2.45, 2.75) is 24.4 Å². The number of nitrogens with one attached hydrogen (secondary N) is 2. The summed E-state index contributed by atoms with van der Waals surface area (Å²) in [5.74, 6) is -1.07. The van der Waals surface area contributed by atoms with E-state index in [-0.39, 0.29) is 29.5 Å². The van der Waals surface area contributed by atoms with Crippen LogP contribution in [0.25, 0.3) is 0 Å². The van der Waals surface area contributed by atoms with Gasteiger partial charge in [0.25, 0.3) is 5.56 Å². The molecule has 5 nitrogen and oxygen atoms in total. The maximum absolute atomic E-state index is 14.4. The van der Waals surface area contributed by atoms with E-state index >= 15 is 0 Å². The van der Waals surface area contributed by atoms with E-state index in [9.17, 15) is 14.0 Å². The first-order valence-electron chi connectivity index (χ1n) is 6.74. The summed E-state index contributed by atoms with van der Waals surface area (Å²) in [7, 11) is 0. The number of aryl methyl sites for hydroxylation is 1. The van der Waals surface area contributed by atoms with Gasteiger partial charge >= 0.3 is 0 Å². The number of fused-ring (bicyclic) bond motifs is 1. The highest BCUT2D eigenvalue weighted by molar-refractivity contribution is 7.98. The number of halogens is 1. The normalized spacial score (nSPS) is 17.0. The Labute approximate surface area is 130 Å². The molecule has 3 rings (SSSR count). The molecule has 2 aromatic rings. The monoisotopic (exact) mass is 319 g/mol. The number of benzene rings is 1. The summed E-state index contributed by atoms with van der Waals surface area (Å²) in [6, 6.07) is 4.98. The van der Waals surface area contributed by atoms with Gasteiger partial charge in [0.05, 0.1) is 5.56 Å². The number of aromatic amines is 1. The molecule has 2 heterocycles. The first-order valence-corrected chi connectivity index (χ1v) is 7.96. The summed E-state index contributed by atoms with van der Waals surface area (Å²) in [4.78, 5) is 31.2. The number of hydrogen-bond acceptors (Lipinski definition) is 4. The van der Waals surface area contributed by atoms with Crippen LogP contribution in [0.2, 0.25) is 0 Å². The van der Waals surface area contributed by atoms with Gasteiger partial charge in [-0.05, 0) is 24.3 Å². The van der Waals surface area contributed by atoms with Crippen LogP contribution in [0.15, 0.2) is 28.2 Å². The van der Waals surface area contributed by atoms with Gasteiger partial charge in [0.1, 0.15) is 11.6 Å². The molecule has 1 atom stereocenters. The molecule has 2 N–H and O–H groups in total. The molecule has 1 aliphatic heterocycles. The number of anilines is 1. The van der Waals surface area contributed by atoms with Gasteiger partial charge in [-0.25, -0.2) is 9.37 Å². The minimum absolute atomic E-state index is 0.0246. The number of carbonyl (C=O) groups is 1. The van der Waals surface area contributed by atoms with Crippen molar-refractivity contribution in [2.75, 3.05) is 11.6 Å². The fraction of sp³-hybridized carbons (Fsp3) is 0.267. The van der Waals surface area contributed by atoms with E-state index in [1.54, 1.807) is 31.4 Å². The third kappa shape index (κ3) is 2.41. The zero-order valence-electron chi connectivity index (χ0n) is 12.1. The first kappa shape index (κ1) is 14.8. The van der Waals surface area contributed by atoms with E-state index < -0.39 is 5.92 Å². The summed E-state index contributed by atoms with van der Waals surface area (Å²) in [5.41, 5.74) is 0.789. The highest BCUT2D eigenvalue weighted by atomic mass is 32.2. The molecular weight excluding hydrogens is 305 g/mol. The van der Waals surface area contributed by atoms with Crippen molar-refractivity contribution in [3.05, 3.63) is 51.1 Å². The molecular formula is C15H14FN3O2S. The minimum Gasteiger partial charge on any atom is -0.310 e. The zero-order chi connectivity index (χ0) is 15.9. The van der Waals surface area contributed by atoms with Crippen molar-refractivity contribution in [1.29, 1.82) is 0 Å². The van der Waals surface area contributed by atoms with E-state index in [4.69, 9.17) is 0 Å². The largest absolute Gasteiger partial charge is 0.310 e. The Morgan fingerprint density at radius 1 is 1.36 bits per heavy atom. The predicted molar refractivity (Wildman–Crippen MR) is 82.9 cm³/mol. The summed E-state index contributed by atoms with van der Waals surface area (Å²) >= 11 is 1.27. The van der Waals surface area contributed by atoms with Crippen LogP contribution in [0.1, 0.15) is 29.0 Å². The van der Waals surface area contributed by atoms with E-state index in [1.165, 1.54) is 11.8 Å². The van der Waals surface area contributed by atoms with Crippen molar-refractivity contribution in [1.82, 2.24) is 9.97 Å². The van der Waals surface area contributed by atoms with E-state index in [0.29, 0.717) is 21.8 Å². The van der Waals surface area contributed by atoms with Gasteiger partial charge in [-0.1, -0.05) is 30.0 Å². The Morgan fingerprint density at radius 2 is 2.14 bits per heavy atom. The molecule has 0 bridgehead atoms.